The predicted molar refractivity (Wildman–Crippen MR) is 82.8 cm³/mol. The molecule has 0 aliphatic carbocycles. The maximum atomic E-state index is 12.0. The summed E-state index contributed by atoms with van der Waals surface area (Å²) in [5.74, 6) is -0.616. The van der Waals surface area contributed by atoms with Crippen LogP contribution in [0.2, 0.25) is 5.02 Å². The zero-order valence-corrected chi connectivity index (χ0v) is 12.3. The molecule has 0 atom stereocenters. The van der Waals surface area contributed by atoms with Crippen molar-refractivity contribution in [3.05, 3.63) is 52.5 Å². The van der Waals surface area contributed by atoms with Gasteiger partial charge in [0, 0.05) is 5.02 Å². The summed E-state index contributed by atoms with van der Waals surface area (Å²) >= 11 is 5.85. The highest BCUT2D eigenvalue weighted by atomic mass is 35.5. The number of halogens is 1. The van der Waals surface area contributed by atoms with Crippen LogP contribution in [0.4, 0.5) is 0 Å². The van der Waals surface area contributed by atoms with Gasteiger partial charge >= 0.3 is 0 Å². The first-order chi connectivity index (χ1) is 10.5. The van der Waals surface area contributed by atoms with Crippen molar-refractivity contribution in [2.45, 2.75) is 0 Å². The van der Waals surface area contributed by atoms with Crippen LogP contribution in [0.15, 0.2) is 41.5 Å². The van der Waals surface area contributed by atoms with Crippen molar-refractivity contribution in [3.63, 3.8) is 0 Å². The van der Waals surface area contributed by atoms with Gasteiger partial charge in [-0.05, 0) is 42.0 Å². The van der Waals surface area contributed by atoms with E-state index in [1.165, 1.54) is 37.6 Å². The number of carbonyl (C=O) groups excluding carboxylic acids is 1. The first-order valence-corrected chi connectivity index (χ1v) is 6.58. The smallest absolute Gasteiger partial charge is 0.275 e. The van der Waals surface area contributed by atoms with E-state index in [0.29, 0.717) is 16.3 Å². The fourth-order valence-electron chi connectivity index (χ4n) is 1.70. The van der Waals surface area contributed by atoms with E-state index in [9.17, 15) is 15.0 Å². The summed E-state index contributed by atoms with van der Waals surface area (Å²) in [7, 11) is 1.45. The Morgan fingerprint density at radius 1 is 1.23 bits per heavy atom. The molecule has 0 saturated carbocycles. The Hall–Kier alpha value is -2.73. The van der Waals surface area contributed by atoms with Crippen molar-refractivity contribution < 1.29 is 19.7 Å². The Balaban J connectivity index is 2.11. The van der Waals surface area contributed by atoms with E-state index in [0.717, 1.165) is 0 Å². The lowest BCUT2D eigenvalue weighted by Crippen LogP contribution is -2.18. The zero-order valence-electron chi connectivity index (χ0n) is 11.6. The van der Waals surface area contributed by atoms with Gasteiger partial charge in [-0.25, -0.2) is 5.43 Å². The van der Waals surface area contributed by atoms with E-state index in [2.05, 4.69) is 10.5 Å². The van der Waals surface area contributed by atoms with Crippen LogP contribution < -0.4 is 10.2 Å². The number of nitrogens with zero attached hydrogens (tertiary/aromatic N) is 1. The molecule has 2 rings (SSSR count). The Morgan fingerprint density at radius 3 is 2.68 bits per heavy atom. The zero-order chi connectivity index (χ0) is 16.1. The lowest BCUT2D eigenvalue weighted by atomic mass is 10.2. The van der Waals surface area contributed by atoms with Gasteiger partial charge in [0.25, 0.3) is 5.91 Å². The van der Waals surface area contributed by atoms with Gasteiger partial charge in [0.15, 0.2) is 11.5 Å². The summed E-state index contributed by atoms with van der Waals surface area (Å²) in [5.41, 5.74) is 3.09. The third-order valence-corrected chi connectivity index (χ3v) is 3.02. The molecule has 0 aromatic heterocycles. The molecule has 0 heterocycles. The van der Waals surface area contributed by atoms with E-state index in [1.807, 2.05) is 0 Å². The molecule has 3 N–H and O–H groups in total. The van der Waals surface area contributed by atoms with Crippen molar-refractivity contribution in [1.82, 2.24) is 5.43 Å². The molecular weight excluding hydrogens is 308 g/mol. The van der Waals surface area contributed by atoms with Crippen LogP contribution in [-0.4, -0.2) is 29.4 Å². The molecule has 0 unspecified atom stereocenters. The van der Waals surface area contributed by atoms with Crippen LogP contribution in [0, 0.1) is 0 Å². The predicted octanol–water partition coefficient (Wildman–Crippen LogP) is 2.52. The molecule has 0 spiro atoms. The third-order valence-electron chi connectivity index (χ3n) is 2.79. The minimum absolute atomic E-state index is 0.232. The molecule has 6 nitrogen and oxygen atoms in total. The number of aromatic hydroxyl groups is 2. The second-order valence-electron chi connectivity index (χ2n) is 4.29. The number of ether oxygens (including phenoxy) is 1. The number of hydrogen-bond acceptors (Lipinski definition) is 5. The molecule has 22 heavy (non-hydrogen) atoms. The highest BCUT2D eigenvalue weighted by molar-refractivity contribution is 6.31. The van der Waals surface area contributed by atoms with Gasteiger partial charge in [-0.3, -0.25) is 4.79 Å². The highest BCUT2D eigenvalue weighted by Gasteiger charge is 2.12. The summed E-state index contributed by atoms with van der Waals surface area (Å²) < 4.78 is 5.08. The fraction of sp³-hybridized carbons (Fsp3) is 0.0667. The molecule has 7 heteroatoms. The minimum Gasteiger partial charge on any atom is -0.504 e. The van der Waals surface area contributed by atoms with Crippen molar-refractivity contribution in [3.8, 4) is 17.2 Å². The second-order valence-corrected chi connectivity index (χ2v) is 4.73. The third kappa shape index (κ3) is 3.67. The van der Waals surface area contributed by atoms with E-state index < -0.39 is 5.91 Å². The van der Waals surface area contributed by atoms with Crippen LogP contribution in [0.3, 0.4) is 0 Å². The first kappa shape index (κ1) is 15.7. The van der Waals surface area contributed by atoms with Gasteiger partial charge in [0.1, 0.15) is 5.75 Å². The SMILES string of the molecule is COc1ccc(Cl)cc1C(=O)N/N=C/c1ccc(O)c(O)c1. The Bertz CT molecular complexity index is 731. The topological polar surface area (TPSA) is 91.2 Å². The summed E-state index contributed by atoms with van der Waals surface area (Å²) in [6.07, 6.45) is 1.33. The molecule has 0 aliphatic heterocycles. The number of carbonyl (C=O) groups is 1. The molecular formula is C15H13ClN2O4. The van der Waals surface area contributed by atoms with E-state index in [1.54, 1.807) is 12.1 Å². The maximum absolute atomic E-state index is 12.0. The summed E-state index contributed by atoms with van der Waals surface area (Å²) in [5, 5.41) is 22.7. The van der Waals surface area contributed by atoms with Crippen LogP contribution in [0.5, 0.6) is 17.2 Å². The number of amides is 1. The Kier molecular flexibility index (Phi) is 4.85. The average Bonchev–Trinajstić information content (AvgIpc) is 2.50. The van der Waals surface area contributed by atoms with E-state index in [4.69, 9.17) is 16.3 Å². The Labute approximate surface area is 131 Å². The van der Waals surface area contributed by atoms with Crippen LogP contribution >= 0.6 is 11.6 Å². The largest absolute Gasteiger partial charge is 0.504 e. The standard InChI is InChI=1S/C15H13ClN2O4/c1-22-14-5-3-10(16)7-11(14)15(21)18-17-8-9-2-4-12(19)13(20)6-9/h2-8,19-20H,1H3,(H,18,21)/b17-8+. The Morgan fingerprint density at radius 2 is 2.00 bits per heavy atom. The number of rotatable bonds is 4. The van der Waals surface area contributed by atoms with Crippen LogP contribution in [-0.2, 0) is 0 Å². The molecule has 114 valence electrons. The van der Waals surface area contributed by atoms with Gasteiger partial charge in [-0.15, -0.1) is 0 Å². The molecule has 2 aromatic rings. The molecule has 0 radical (unpaired) electrons. The monoisotopic (exact) mass is 320 g/mol. The number of phenolic OH excluding ortho intramolecular Hbond substituents is 2. The van der Waals surface area contributed by atoms with Gasteiger partial charge in [0.2, 0.25) is 0 Å². The number of hydrazone groups is 1. The first-order valence-electron chi connectivity index (χ1n) is 6.20. The van der Waals surface area contributed by atoms with Crippen LogP contribution in [0.25, 0.3) is 0 Å². The summed E-state index contributed by atoms with van der Waals surface area (Å²) in [6, 6.07) is 8.82. The number of hydrogen-bond donors (Lipinski definition) is 3. The number of nitrogens with one attached hydrogen (secondary N) is 1. The molecule has 2 aromatic carbocycles. The maximum Gasteiger partial charge on any atom is 0.275 e. The van der Waals surface area contributed by atoms with Gasteiger partial charge in [0.05, 0.1) is 18.9 Å². The number of phenols is 2. The molecule has 0 fully saturated rings. The van der Waals surface area contributed by atoms with Gasteiger partial charge in [-0.2, -0.15) is 5.10 Å². The molecule has 0 aliphatic rings. The molecule has 0 saturated heterocycles. The summed E-state index contributed by atoms with van der Waals surface area (Å²) in [4.78, 5) is 12.0. The van der Waals surface area contributed by atoms with Crippen molar-refractivity contribution >= 4 is 23.7 Å². The number of benzene rings is 2. The van der Waals surface area contributed by atoms with E-state index in [-0.39, 0.29) is 17.1 Å². The molecule has 0 bridgehead atoms. The quantitative estimate of drug-likeness (QED) is 0.458. The highest BCUT2D eigenvalue weighted by Crippen LogP contribution is 2.24. The van der Waals surface area contributed by atoms with Gasteiger partial charge in [-0.1, -0.05) is 11.6 Å². The van der Waals surface area contributed by atoms with Crippen molar-refractivity contribution in [1.29, 1.82) is 0 Å². The van der Waals surface area contributed by atoms with Crippen molar-refractivity contribution in [2.24, 2.45) is 5.10 Å². The molecule has 1 amide bonds. The lowest BCUT2D eigenvalue weighted by molar-refractivity contribution is 0.0952. The fourth-order valence-corrected chi connectivity index (χ4v) is 1.88. The minimum atomic E-state index is -0.487. The normalized spacial score (nSPS) is 10.6. The summed E-state index contributed by atoms with van der Waals surface area (Å²) in [6.45, 7) is 0. The van der Waals surface area contributed by atoms with Crippen LogP contribution in [0.1, 0.15) is 15.9 Å². The van der Waals surface area contributed by atoms with Crippen molar-refractivity contribution in [2.75, 3.05) is 7.11 Å². The average molecular weight is 321 g/mol. The number of methoxy groups -OCH3 is 1. The lowest BCUT2D eigenvalue weighted by Gasteiger charge is -2.07. The van der Waals surface area contributed by atoms with Gasteiger partial charge < -0.3 is 14.9 Å². The second kappa shape index (κ2) is 6.82. The van der Waals surface area contributed by atoms with E-state index >= 15 is 0 Å².